The van der Waals surface area contributed by atoms with Crippen LogP contribution in [-0.4, -0.2) is 11.5 Å². The van der Waals surface area contributed by atoms with Crippen molar-refractivity contribution in [3.05, 3.63) is 35.4 Å². The van der Waals surface area contributed by atoms with Gasteiger partial charge in [0.1, 0.15) is 0 Å². The summed E-state index contributed by atoms with van der Waals surface area (Å²) in [6.45, 7) is 2.21. The van der Waals surface area contributed by atoms with Crippen LogP contribution in [0.15, 0.2) is 24.3 Å². The van der Waals surface area contributed by atoms with Gasteiger partial charge in [0.15, 0.2) is 0 Å². The van der Waals surface area contributed by atoms with Crippen LogP contribution in [0.2, 0.25) is 0 Å². The van der Waals surface area contributed by atoms with Crippen molar-refractivity contribution in [1.29, 1.82) is 0 Å². The maximum absolute atomic E-state index is 6.60. The molecule has 16 heavy (non-hydrogen) atoms. The Hall–Kier alpha value is -0.470. The number of aryl methyl sites for hydroxylation is 1. The van der Waals surface area contributed by atoms with Gasteiger partial charge in [-0.15, -0.1) is 0 Å². The molecule has 2 heteroatoms. The molecule has 1 unspecified atom stereocenters. The average molecular weight is 235 g/mol. The Morgan fingerprint density at radius 1 is 1.38 bits per heavy atom. The van der Waals surface area contributed by atoms with Gasteiger partial charge in [-0.3, -0.25) is 0 Å². The number of hydrogen-bond donors (Lipinski definition) is 1. The summed E-state index contributed by atoms with van der Waals surface area (Å²) in [5.41, 5.74) is 9.41. The lowest BCUT2D eigenvalue weighted by Crippen LogP contribution is -2.40. The second-order valence-electron chi connectivity index (χ2n) is 4.61. The highest BCUT2D eigenvalue weighted by molar-refractivity contribution is 7.99. The molecule has 0 radical (unpaired) electrons. The van der Waals surface area contributed by atoms with Gasteiger partial charge in [0.05, 0.1) is 0 Å². The lowest BCUT2D eigenvalue weighted by Gasteiger charge is -2.36. The lowest BCUT2D eigenvalue weighted by atomic mass is 9.76. The van der Waals surface area contributed by atoms with E-state index in [0.717, 1.165) is 12.8 Å². The topological polar surface area (TPSA) is 26.0 Å². The van der Waals surface area contributed by atoms with Crippen LogP contribution >= 0.6 is 11.8 Å². The molecule has 1 atom stereocenters. The average Bonchev–Trinajstić information content (AvgIpc) is 2.30. The minimum atomic E-state index is -0.0585. The fourth-order valence-electron chi connectivity index (χ4n) is 2.61. The molecule has 1 aromatic rings. The minimum absolute atomic E-state index is 0.0585. The second-order valence-corrected chi connectivity index (χ2v) is 6.01. The largest absolute Gasteiger partial charge is 0.321 e. The number of benzene rings is 1. The molecule has 0 saturated heterocycles. The Balaban J connectivity index is 2.16. The van der Waals surface area contributed by atoms with Gasteiger partial charge in [0.25, 0.3) is 0 Å². The smallest absolute Gasteiger partial charge is 0.0420 e. The number of thioether (sulfide) groups is 1. The fourth-order valence-corrected chi connectivity index (χ4v) is 3.41. The summed E-state index contributed by atoms with van der Waals surface area (Å²) in [6, 6.07) is 8.72. The van der Waals surface area contributed by atoms with E-state index in [-0.39, 0.29) is 5.54 Å². The monoisotopic (exact) mass is 235 g/mol. The van der Waals surface area contributed by atoms with Crippen molar-refractivity contribution >= 4 is 11.8 Å². The predicted molar refractivity (Wildman–Crippen MR) is 72.9 cm³/mol. The van der Waals surface area contributed by atoms with Crippen molar-refractivity contribution in [1.82, 2.24) is 0 Å². The van der Waals surface area contributed by atoms with Crippen LogP contribution < -0.4 is 5.73 Å². The molecule has 1 nitrogen and oxygen atoms in total. The number of fused-ring (bicyclic) bond motifs is 1. The van der Waals surface area contributed by atoms with Crippen LogP contribution in [-0.2, 0) is 12.0 Å². The number of hydrogen-bond acceptors (Lipinski definition) is 2. The molecule has 0 heterocycles. The van der Waals surface area contributed by atoms with Crippen LogP contribution in [0.3, 0.4) is 0 Å². The van der Waals surface area contributed by atoms with Gasteiger partial charge in [-0.05, 0) is 48.3 Å². The summed E-state index contributed by atoms with van der Waals surface area (Å²) in [5, 5.41) is 0. The molecule has 1 aliphatic rings. The quantitative estimate of drug-likeness (QED) is 0.810. The molecule has 0 spiro atoms. The van der Waals surface area contributed by atoms with E-state index in [9.17, 15) is 0 Å². The Bertz CT molecular complexity index is 350. The minimum Gasteiger partial charge on any atom is -0.321 e. The molecule has 0 bridgehead atoms. The van der Waals surface area contributed by atoms with Gasteiger partial charge in [-0.2, -0.15) is 11.8 Å². The normalized spacial score (nSPS) is 24.1. The Labute approximate surface area is 103 Å². The molecule has 1 aliphatic carbocycles. The Kier molecular flexibility index (Phi) is 3.93. The van der Waals surface area contributed by atoms with Crippen molar-refractivity contribution in [2.75, 3.05) is 11.5 Å². The van der Waals surface area contributed by atoms with E-state index in [2.05, 4.69) is 31.2 Å². The zero-order chi connectivity index (χ0) is 11.4. The SMILES string of the molecule is CCSCCC1(N)CCCc2ccccc21. The molecule has 1 aromatic carbocycles. The Morgan fingerprint density at radius 2 is 2.19 bits per heavy atom. The van der Waals surface area contributed by atoms with Gasteiger partial charge in [0.2, 0.25) is 0 Å². The van der Waals surface area contributed by atoms with Crippen LogP contribution in [0.25, 0.3) is 0 Å². The van der Waals surface area contributed by atoms with E-state index in [0.29, 0.717) is 0 Å². The van der Waals surface area contributed by atoms with E-state index in [4.69, 9.17) is 5.73 Å². The molecule has 2 N–H and O–H groups in total. The third-order valence-corrected chi connectivity index (χ3v) is 4.42. The third-order valence-electron chi connectivity index (χ3n) is 3.52. The second kappa shape index (κ2) is 5.24. The molecule has 2 rings (SSSR count). The van der Waals surface area contributed by atoms with Crippen LogP contribution in [0.4, 0.5) is 0 Å². The summed E-state index contributed by atoms with van der Waals surface area (Å²) < 4.78 is 0. The fraction of sp³-hybridized carbons (Fsp3) is 0.571. The van der Waals surface area contributed by atoms with Gasteiger partial charge in [0, 0.05) is 5.54 Å². The third kappa shape index (κ3) is 2.44. The van der Waals surface area contributed by atoms with Gasteiger partial charge < -0.3 is 5.73 Å². The van der Waals surface area contributed by atoms with Crippen LogP contribution in [0.1, 0.15) is 37.3 Å². The van der Waals surface area contributed by atoms with E-state index in [1.807, 2.05) is 11.8 Å². The highest BCUT2D eigenvalue weighted by Crippen LogP contribution is 2.36. The maximum atomic E-state index is 6.60. The summed E-state index contributed by atoms with van der Waals surface area (Å²) >= 11 is 1.99. The Morgan fingerprint density at radius 3 is 3.00 bits per heavy atom. The summed E-state index contributed by atoms with van der Waals surface area (Å²) in [6.07, 6.45) is 4.71. The summed E-state index contributed by atoms with van der Waals surface area (Å²) in [4.78, 5) is 0. The molecule has 0 fully saturated rings. The molecular weight excluding hydrogens is 214 g/mol. The molecule has 88 valence electrons. The number of nitrogens with two attached hydrogens (primary N) is 1. The van der Waals surface area contributed by atoms with Crippen molar-refractivity contribution < 1.29 is 0 Å². The van der Waals surface area contributed by atoms with Crippen LogP contribution in [0.5, 0.6) is 0 Å². The first-order valence-corrected chi connectivity index (χ1v) is 7.37. The molecule has 0 aliphatic heterocycles. The summed E-state index contributed by atoms with van der Waals surface area (Å²) in [5.74, 6) is 2.37. The molecule has 0 amide bonds. The molecular formula is C14H21NS. The van der Waals surface area contributed by atoms with Crippen molar-refractivity contribution in [3.8, 4) is 0 Å². The standard InChI is InChI=1S/C14H21NS/c1-2-16-11-10-14(15)9-5-7-12-6-3-4-8-13(12)14/h3-4,6,8H,2,5,7,9-11,15H2,1H3. The van der Waals surface area contributed by atoms with Gasteiger partial charge in [-0.1, -0.05) is 31.2 Å². The molecule has 0 saturated carbocycles. The maximum Gasteiger partial charge on any atom is 0.0420 e. The first-order valence-electron chi connectivity index (χ1n) is 6.21. The zero-order valence-corrected chi connectivity index (χ0v) is 10.9. The first kappa shape index (κ1) is 12.0. The van der Waals surface area contributed by atoms with Crippen LogP contribution in [0, 0.1) is 0 Å². The molecule has 0 aromatic heterocycles. The van der Waals surface area contributed by atoms with E-state index >= 15 is 0 Å². The van der Waals surface area contributed by atoms with E-state index in [1.54, 1.807) is 0 Å². The number of rotatable bonds is 4. The van der Waals surface area contributed by atoms with Crippen molar-refractivity contribution in [2.45, 2.75) is 38.1 Å². The summed E-state index contributed by atoms with van der Waals surface area (Å²) in [7, 11) is 0. The predicted octanol–water partition coefficient (Wildman–Crippen LogP) is 3.32. The van der Waals surface area contributed by atoms with Gasteiger partial charge in [-0.25, -0.2) is 0 Å². The first-order chi connectivity index (χ1) is 7.76. The van der Waals surface area contributed by atoms with Gasteiger partial charge >= 0.3 is 0 Å². The highest BCUT2D eigenvalue weighted by Gasteiger charge is 2.31. The van der Waals surface area contributed by atoms with Crippen molar-refractivity contribution in [2.24, 2.45) is 5.73 Å². The van der Waals surface area contributed by atoms with E-state index < -0.39 is 0 Å². The zero-order valence-electron chi connectivity index (χ0n) is 10.0. The lowest BCUT2D eigenvalue weighted by molar-refractivity contribution is 0.362. The highest BCUT2D eigenvalue weighted by atomic mass is 32.2. The van der Waals surface area contributed by atoms with Crippen molar-refractivity contribution in [3.63, 3.8) is 0 Å². The van der Waals surface area contributed by atoms with E-state index in [1.165, 1.54) is 35.5 Å².